The van der Waals surface area contributed by atoms with Gasteiger partial charge < -0.3 is 14.4 Å². The molecule has 0 bridgehead atoms. The average Bonchev–Trinajstić information content (AvgIpc) is 2.67. The highest BCUT2D eigenvalue weighted by molar-refractivity contribution is 7.90. The molecule has 2 aromatic carbocycles. The Bertz CT molecular complexity index is 920. The number of ether oxygens (including phenoxy) is 2. The summed E-state index contributed by atoms with van der Waals surface area (Å²) in [5, 5.41) is 0. The second-order valence-corrected chi connectivity index (χ2v) is 8.22. The number of carbonyl (C=O) groups excluding carboxylic acids is 2. The molecule has 0 atom stereocenters. The van der Waals surface area contributed by atoms with Crippen molar-refractivity contribution < 1.29 is 27.5 Å². The van der Waals surface area contributed by atoms with E-state index in [0.717, 1.165) is 17.6 Å². The van der Waals surface area contributed by atoms with Gasteiger partial charge in [0.15, 0.2) is 16.4 Å². The number of hydrogen-bond donors (Lipinski definition) is 0. The third kappa shape index (κ3) is 6.09. The van der Waals surface area contributed by atoms with Crippen LogP contribution < -0.4 is 4.74 Å². The lowest BCUT2D eigenvalue weighted by atomic mass is 10.2. The first-order chi connectivity index (χ1) is 13.2. The highest BCUT2D eigenvalue weighted by Crippen LogP contribution is 2.14. The molecule has 0 aliphatic heterocycles. The normalized spacial score (nSPS) is 11.0. The van der Waals surface area contributed by atoms with Crippen LogP contribution in [0.25, 0.3) is 0 Å². The largest absolute Gasteiger partial charge is 0.494 e. The molecule has 0 N–H and O–H groups in total. The first-order valence-electron chi connectivity index (χ1n) is 8.63. The standard InChI is InChI=1S/C20H23NO6S/c1-4-26-17-9-5-15(6-10-17)13-21(2)19(22)14-27-20(23)16-7-11-18(12-8-16)28(3,24)25/h5-12H,4,13-14H2,1-3H3. The van der Waals surface area contributed by atoms with Crippen molar-refractivity contribution in [1.82, 2.24) is 4.90 Å². The lowest BCUT2D eigenvalue weighted by molar-refractivity contribution is -0.133. The zero-order valence-electron chi connectivity index (χ0n) is 16.0. The maximum Gasteiger partial charge on any atom is 0.338 e. The van der Waals surface area contributed by atoms with E-state index in [0.29, 0.717) is 13.2 Å². The maximum atomic E-state index is 12.2. The predicted molar refractivity (Wildman–Crippen MR) is 104 cm³/mol. The van der Waals surface area contributed by atoms with Gasteiger partial charge in [-0.3, -0.25) is 4.79 Å². The Morgan fingerprint density at radius 2 is 1.61 bits per heavy atom. The van der Waals surface area contributed by atoms with Crippen LogP contribution in [0, 0.1) is 0 Å². The molecule has 2 aromatic rings. The smallest absolute Gasteiger partial charge is 0.338 e. The summed E-state index contributed by atoms with van der Waals surface area (Å²) in [5.74, 6) is -0.283. The molecule has 0 radical (unpaired) electrons. The molecular formula is C20H23NO6S. The maximum absolute atomic E-state index is 12.2. The van der Waals surface area contributed by atoms with Crippen molar-refractivity contribution in [3.05, 3.63) is 59.7 Å². The summed E-state index contributed by atoms with van der Waals surface area (Å²) in [5.41, 5.74) is 1.09. The van der Waals surface area contributed by atoms with Crippen molar-refractivity contribution in [3.63, 3.8) is 0 Å². The van der Waals surface area contributed by atoms with Crippen LogP contribution in [0.15, 0.2) is 53.4 Å². The number of likely N-dealkylation sites (N-methyl/N-ethyl adjacent to an activating group) is 1. The summed E-state index contributed by atoms with van der Waals surface area (Å²) >= 11 is 0. The molecule has 7 nitrogen and oxygen atoms in total. The topological polar surface area (TPSA) is 90.0 Å². The highest BCUT2D eigenvalue weighted by atomic mass is 32.2. The van der Waals surface area contributed by atoms with E-state index in [-0.39, 0.29) is 16.4 Å². The van der Waals surface area contributed by atoms with Crippen LogP contribution >= 0.6 is 0 Å². The summed E-state index contributed by atoms with van der Waals surface area (Å²) in [6.07, 6.45) is 1.08. The number of carbonyl (C=O) groups is 2. The molecule has 0 spiro atoms. The Hall–Kier alpha value is -2.87. The van der Waals surface area contributed by atoms with Crippen molar-refractivity contribution >= 4 is 21.7 Å². The summed E-state index contributed by atoms with van der Waals surface area (Å²) < 4.78 is 33.3. The van der Waals surface area contributed by atoms with Gasteiger partial charge in [-0.05, 0) is 48.9 Å². The first-order valence-corrected chi connectivity index (χ1v) is 10.5. The number of amides is 1. The van der Waals surface area contributed by atoms with E-state index in [9.17, 15) is 18.0 Å². The first kappa shape index (κ1) is 21.4. The zero-order valence-corrected chi connectivity index (χ0v) is 16.9. The molecular weight excluding hydrogens is 382 g/mol. The van der Waals surface area contributed by atoms with Gasteiger partial charge >= 0.3 is 5.97 Å². The third-order valence-electron chi connectivity index (χ3n) is 3.92. The molecule has 0 aliphatic rings. The Morgan fingerprint density at radius 1 is 1.00 bits per heavy atom. The van der Waals surface area contributed by atoms with E-state index in [2.05, 4.69) is 0 Å². The molecule has 0 aromatic heterocycles. The lowest BCUT2D eigenvalue weighted by Gasteiger charge is -2.17. The molecule has 0 aliphatic carbocycles. The fourth-order valence-electron chi connectivity index (χ4n) is 2.38. The van der Waals surface area contributed by atoms with Crippen LogP contribution in [-0.2, 0) is 25.9 Å². The number of nitrogens with zero attached hydrogens (tertiary/aromatic N) is 1. The van der Waals surface area contributed by atoms with Gasteiger partial charge in [0.2, 0.25) is 0 Å². The summed E-state index contributed by atoms with van der Waals surface area (Å²) in [6.45, 7) is 2.45. The Morgan fingerprint density at radius 3 is 2.14 bits per heavy atom. The molecule has 2 rings (SSSR count). The van der Waals surface area contributed by atoms with Crippen LogP contribution in [0.4, 0.5) is 0 Å². The molecule has 0 saturated heterocycles. The summed E-state index contributed by atoms with van der Waals surface area (Å²) in [6, 6.07) is 12.8. The zero-order chi connectivity index (χ0) is 20.7. The molecule has 0 heterocycles. The van der Waals surface area contributed by atoms with E-state index in [1.807, 2.05) is 31.2 Å². The second-order valence-electron chi connectivity index (χ2n) is 6.20. The van der Waals surface area contributed by atoms with Crippen molar-refractivity contribution in [2.45, 2.75) is 18.4 Å². The minimum absolute atomic E-state index is 0.107. The van der Waals surface area contributed by atoms with Crippen LogP contribution in [0.5, 0.6) is 5.75 Å². The van der Waals surface area contributed by atoms with E-state index < -0.39 is 22.4 Å². The van der Waals surface area contributed by atoms with Crippen molar-refractivity contribution in [2.75, 3.05) is 26.5 Å². The molecule has 0 saturated carbocycles. The van der Waals surface area contributed by atoms with Gasteiger partial charge in [0.25, 0.3) is 5.91 Å². The van der Waals surface area contributed by atoms with Crippen molar-refractivity contribution in [2.24, 2.45) is 0 Å². The quantitative estimate of drug-likeness (QED) is 0.626. The molecule has 0 unspecified atom stereocenters. The van der Waals surface area contributed by atoms with Crippen LogP contribution in [-0.4, -0.2) is 51.7 Å². The van der Waals surface area contributed by atoms with Crippen LogP contribution in [0.1, 0.15) is 22.8 Å². The number of rotatable bonds is 8. The van der Waals surface area contributed by atoms with Gasteiger partial charge in [0, 0.05) is 19.8 Å². The van der Waals surface area contributed by atoms with Gasteiger partial charge in [-0.1, -0.05) is 12.1 Å². The molecule has 28 heavy (non-hydrogen) atoms. The highest BCUT2D eigenvalue weighted by Gasteiger charge is 2.15. The van der Waals surface area contributed by atoms with Crippen molar-refractivity contribution in [3.8, 4) is 5.75 Å². The number of esters is 1. The van der Waals surface area contributed by atoms with E-state index in [4.69, 9.17) is 9.47 Å². The summed E-state index contributed by atoms with van der Waals surface area (Å²) in [7, 11) is -1.72. The predicted octanol–water partition coefficient (Wildman–Crippen LogP) is 2.30. The summed E-state index contributed by atoms with van der Waals surface area (Å²) in [4.78, 5) is 25.8. The van der Waals surface area contributed by atoms with Gasteiger partial charge in [-0.15, -0.1) is 0 Å². The minimum Gasteiger partial charge on any atom is -0.494 e. The number of sulfone groups is 1. The Balaban J connectivity index is 1.87. The average molecular weight is 405 g/mol. The lowest BCUT2D eigenvalue weighted by Crippen LogP contribution is -2.30. The molecule has 150 valence electrons. The van der Waals surface area contributed by atoms with Crippen LogP contribution in [0.2, 0.25) is 0 Å². The fraction of sp³-hybridized carbons (Fsp3) is 0.300. The second kappa shape index (κ2) is 9.36. The van der Waals surface area contributed by atoms with E-state index >= 15 is 0 Å². The van der Waals surface area contributed by atoms with Gasteiger partial charge in [-0.25, -0.2) is 13.2 Å². The van der Waals surface area contributed by atoms with Gasteiger partial charge in [0.05, 0.1) is 17.1 Å². The molecule has 0 fully saturated rings. The SMILES string of the molecule is CCOc1ccc(CN(C)C(=O)COC(=O)c2ccc(S(C)(=O)=O)cc2)cc1. The monoisotopic (exact) mass is 405 g/mol. The Labute approximate surface area is 164 Å². The minimum atomic E-state index is -3.34. The number of hydrogen-bond acceptors (Lipinski definition) is 6. The number of benzene rings is 2. The van der Waals surface area contributed by atoms with Gasteiger partial charge in [0.1, 0.15) is 5.75 Å². The van der Waals surface area contributed by atoms with Crippen molar-refractivity contribution in [1.29, 1.82) is 0 Å². The van der Waals surface area contributed by atoms with E-state index in [1.54, 1.807) is 7.05 Å². The molecule has 8 heteroatoms. The Kier molecular flexibility index (Phi) is 7.17. The fourth-order valence-corrected chi connectivity index (χ4v) is 3.01. The third-order valence-corrected chi connectivity index (χ3v) is 5.05. The van der Waals surface area contributed by atoms with Crippen LogP contribution in [0.3, 0.4) is 0 Å². The molecule has 1 amide bonds. The van der Waals surface area contributed by atoms with E-state index in [1.165, 1.54) is 29.2 Å². The van der Waals surface area contributed by atoms with Gasteiger partial charge in [-0.2, -0.15) is 0 Å².